The minimum Gasteiger partial charge on any atom is -0.405 e. The number of nitrogens with two attached hydrogens (primary N) is 1. The third-order valence-electron chi connectivity index (χ3n) is 2.91. The third-order valence-corrected chi connectivity index (χ3v) is 2.91. The lowest BCUT2D eigenvalue weighted by molar-refractivity contribution is 1.57. The van der Waals surface area contributed by atoms with Gasteiger partial charge < -0.3 is 5.73 Å². The van der Waals surface area contributed by atoms with Crippen LogP contribution >= 0.6 is 0 Å². The molecule has 0 saturated heterocycles. The summed E-state index contributed by atoms with van der Waals surface area (Å²) >= 11 is 0. The van der Waals surface area contributed by atoms with Gasteiger partial charge in [-0.25, -0.2) is 0 Å². The van der Waals surface area contributed by atoms with Crippen molar-refractivity contribution < 1.29 is 0 Å². The standard InChI is InChI=1S/C18H17N/c1-2-15(12-7-13-19)17-10-6-11-18(14-17)16-8-4-3-5-9-16/h2-14H,1,19H2/b13-7+,15-12+. The average Bonchev–Trinajstić information content (AvgIpc) is 2.49. The second-order valence-electron chi connectivity index (χ2n) is 4.16. The Morgan fingerprint density at radius 3 is 2.37 bits per heavy atom. The van der Waals surface area contributed by atoms with Crippen LogP contribution in [-0.4, -0.2) is 0 Å². The van der Waals surface area contributed by atoms with Gasteiger partial charge in [0.2, 0.25) is 0 Å². The molecule has 0 saturated carbocycles. The quantitative estimate of drug-likeness (QED) is 0.796. The van der Waals surface area contributed by atoms with Crippen LogP contribution in [0.3, 0.4) is 0 Å². The van der Waals surface area contributed by atoms with Crippen LogP contribution in [0.25, 0.3) is 16.7 Å². The van der Waals surface area contributed by atoms with E-state index in [4.69, 9.17) is 5.73 Å². The zero-order chi connectivity index (χ0) is 13.5. The largest absolute Gasteiger partial charge is 0.405 e. The van der Waals surface area contributed by atoms with E-state index in [0.717, 1.165) is 11.1 Å². The molecule has 0 amide bonds. The predicted molar refractivity (Wildman–Crippen MR) is 83.4 cm³/mol. The van der Waals surface area contributed by atoms with Crippen LogP contribution in [0.5, 0.6) is 0 Å². The molecule has 0 bridgehead atoms. The molecule has 0 heterocycles. The Balaban J connectivity index is 2.42. The van der Waals surface area contributed by atoms with Gasteiger partial charge in [0.25, 0.3) is 0 Å². The number of hydrogen-bond donors (Lipinski definition) is 1. The van der Waals surface area contributed by atoms with Gasteiger partial charge in [-0.05, 0) is 40.6 Å². The van der Waals surface area contributed by atoms with Crippen LogP contribution in [0.4, 0.5) is 0 Å². The molecule has 0 aliphatic heterocycles. The lowest BCUT2D eigenvalue weighted by atomic mass is 9.99. The maximum atomic E-state index is 5.37. The zero-order valence-corrected chi connectivity index (χ0v) is 10.8. The van der Waals surface area contributed by atoms with Gasteiger partial charge in [-0.15, -0.1) is 0 Å². The number of hydrogen-bond acceptors (Lipinski definition) is 1. The zero-order valence-electron chi connectivity index (χ0n) is 10.8. The number of allylic oxidation sites excluding steroid dienone is 4. The molecule has 2 rings (SSSR count). The Labute approximate surface area is 114 Å². The van der Waals surface area contributed by atoms with Gasteiger partial charge in [0.05, 0.1) is 0 Å². The van der Waals surface area contributed by atoms with Gasteiger partial charge in [0, 0.05) is 0 Å². The molecule has 0 aliphatic rings. The van der Waals surface area contributed by atoms with Crippen LogP contribution in [0, 0.1) is 0 Å². The lowest BCUT2D eigenvalue weighted by Gasteiger charge is -2.06. The summed E-state index contributed by atoms with van der Waals surface area (Å²) in [4.78, 5) is 0. The van der Waals surface area contributed by atoms with Gasteiger partial charge in [0.15, 0.2) is 0 Å². The molecule has 2 aromatic rings. The van der Waals surface area contributed by atoms with E-state index in [0.29, 0.717) is 0 Å². The summed E-state index contributed by atoms with van der Waals surface area (Å²) in [5.74, 6) is 0. The minimum atomic E-state index is 1.06. The van der Waals surface area contributed by atoms with Crippen LogP contribution in [-0.2, 0) is 0 Å². The molecule has 0 fully saturated rings. The smallest absolute Gasteiger partial charge is 0.00622 e. The van der Waals surface area contributed by atoms with Crippen molar-refractivity contribution in [3.05, 3.63) is 91.2 Å². The van der Waals surface area contributed by atoms with E-state index < -0.39 is 0 Å². The van der Waals surface area contributed by atoms with Crippen molar-refractivity contribution >= 4 is 5.57 Å². The molecule has 0 atom stereocenters. The maximum Gasteiger partial charge on any atom is -0.00622 e. The van der Waals surface area contributed by atoms with Gasteiger partial charge >= 0.3 is 0 Å². The first-order valence-corrected chi connectivity index (χ1v) is 6.22. The molecule has 0 spiro atoms. The van der Waals surface area contributed by atoms with E-state index in [-0.39, 0.29) is 0 Å². The molecule has 0 radical (unpaired) electrons. The molecule has 1 heteroatoms. The molecular weight excluding hydrogens is 230 g/mol. The molecular formula is C18H17N. The summed E-state index contributed by atoms with van der Waals surface area (Å²) in [7, 11) is 0. The van der Waals surface area contributed by atoms with E-state index in [1.54, 1.807) is 0 Å². The molecule has 94 valence electrons. The Bertz CT molecular complexity index is 607. The van der Waals surface area contributed by atoms with Crippen molar-refractivity contribution in [1.82, 2.24) is 0 Å². The number of benzene rings is 2. The summed E-state index contributed by atoms with van der Waals surface area (Å²) in [5, 5.41) is 0. The monoisotopic (exact) mass is 247 g/mol. The van der Waals surface area contributed by atoms with Gasteiger partial charge in [-0.3, -0.25) is 0 Å². The highest BCUT2D eigenvalue weighted by molar-refractivity contribution is 5.78. The molecule has 19 heavy (non-hydrogen) atoms. The summed E-state index contributed by atoms with van der Waals surface area (Å²) < 4.78 is 0. The first-order chi connectivity index (χ1) is 9.35. The summed E-state index contributed by atoms with van der Waals surface area (Å²) in [5.41, 5.74) is 9.97. The molecule has 2 N–H and O–H groups in total. The van der Waals surface area contributed by atoms with E-state index >= 15 is 0 Å². The minimum absolute atomic E-state index is 1.06. The molecule has 1 nitrogen and oxygen atoms in total. The van der Waals surface area contributed by atoms with Crippen molar-refractivity contribution in [3.63, 3.8) is 0 Å². The SMILES string of the molecule is C=C/C(=C\C=C\N)c1cccc(-c2ccccc2)c1. The lowest BCUT2D eigenvalue weighted by Crippen LogP contribution is -1.84. The fraction of sp³-hybridized carbons (Fsp3) is 0. The van der Waals surface area contributed by atoms with Crippen molar-refractivity contribution in [2.75, 3.05) is 0 Å². The Hall–Kier alpha value is -2.54. The van der Waals surface area contributed by atoms with Crippen molar-refractivity contribution in [2.24, 2.45) is 5.73 Å². The Morgan fingerprint density at radius 2 is 1.68 bits per heavy atom. The predicted octanol–water partition coefficient (Wildman–Crippen LogP) is 4.40. The van der Waals surface area contributed by atoms with Crippen molar-refractivity contribution in [2.45, 2.75) is 0 Å². The normalized spacial score (nSPS) is 11.7. The van der Waals surface area contributed by atoms with Crippen LogP contribution < -0.4 is 5.73 Å². The highest BCUT2D eigenvalue weighted by atomic mass is 14.5. The maximum absolute atomic E-state index is 5.37. The van der Waals surface area contributed by atoms with E-state index in [1.807, 2.05) is 36.4 Å². The summed E-state index contributed by atoms with van der Waals surface area (Å²) in [6.07, 6.45) is 7.12. The average molecular weight is 247 g/mol. The molecule has 2 aromatic carbocycles. The second kappa shape index (κ2) is 6.41. The van der Waals surface area contributed by atoms with Crippen LogP contribution in [0.2, 0.25) is 0 Å². The third kappa shape index (κ3) is 3.23. The highest BCUT2D eigenvalue weighted by Crippen LogP contribution is 2.24. The van der Waals surface area contributed by atoms with Crippen LogP contribution in [0.15, 0.2) is 85.6 Å². The fourth-order valence-electron chi connectivity index (χ4n) is 1.95. The van der Waals surface area contributed by atoms with E-state index in [2.05, 4.69) is 43.0 Å². The van der Waals surface area contributed by atoms with E-state index in [9.17, 15) is 0 Å². The summed E-state index contributed by atoms with van der Waals surface area (Å²) in [6, 6.07) is 18.7. The van der Waals surface area contributed by atoms with E-state index in [1.165, 1.54) is 17.3 Å². The second-order valence-corrected chi connectivity index (χ2v) is 4.16. The van der Waals surface area contributed by atoms with Gasteiger partial charge in [-0.1, -0.05) is 67.3 Å². The molecule has 0 unspecified atom stereocenters. The first-order valence-electron chi connectivity index (χ1n) is 6.22. The van der Waals surface area contributed by atoms with Crippen LogP contribution in [0.1, 0.15) is 5.56 Å². The number of rotatable bonds is 4. The van der Waals surface area contributed by atoms with Crippen molar-refractivity contribution in [1.29, 1.82) is 0 Å². The fourth-order valence-corrected chi connectivity index (χ4v) is 1.95. The van der Waals surface area contributed by atoms with Gasteiger partial charge in [-0.2, -0.15) is 0 Å². The Morgan fingerprint density at radius 1 is 0.947 bits per heavy atom. The summed E-state index contributed by atoms with van der Waals surface area (Å²) in [6.45, 7) is 3.85. The van der Waals surface area contributed by atoms with Crippen molar-refractivity contribution in [3.8, 4) is 11.1 Å². The molecule has 0 aromatic heterocycles. The Kier molecular flexibility index (Phi) is 4.35. The molecule has 0 aliphatic carbocycles. The topological polar surface area (TPSA) is 26.0 Å². The van der Waals surface area contributed by atoms with Gasteiger partial charge in [0.1, 0.15) is 0 Å². The first kappa shape index (κ1) is 12.9. The highest BCUT2D eigenvalue weighted by Gasteiger charge is 2.00.